The molecule has 0 saturated heterocycles. The van der Waals surface area contributed by atoms with Gasteiger partial charge in [0.1, 0.15) is 0 Å². The van der Waals surface area contributed by atoms with Crippen molar-refractivity contribution in [3.8, 4) is 0 Å². The summed E-state index contributed by atoms with van der Waals surface area (Å²) in [5, 5.41) is 17.3. The smallest absolute Gasteiger partial charge is 0.253 e. The highest BCUT2D eigenvalue weighted by Gasteiger charge is 2.24. The number of hydrogen-bond acceptors (Lipinski definition) is 4. The second-order valence-corrected chi connectivity index (χ2v) is 5.33. The maximum absolute atomic E-state index is 12.3. The lowest BCUT2D eigenvalue weighted by molar-refractivity contribution is 0.0847. The number of nitrogens with one attached hydrogen (secondary N) is 1. The summed E-state index contributed by atoms with van der Waals surface area (Å²) in [5.41, 5.74) is 1.45. The zero-order valence-electron chi connectivity index (χ0n) is 12.3. The van der Waals surface area contributed by atoms with Crippen molar-refractivity contribution in [2.75, 3.05) is 6.61 Å². The highest BCUT2D eigenvalue weighted by molar-refractivity contribution is 5.97. The van der Waals surface area contributed by atoms with Gasteiger partial charge in [0.2, 0.25) is 0 Å². The molecule has 1 amide bonds. The van der Waals surface area contributed by atoms with Gasteiger partial charge in [-0.25, -0.2) is 4.98 Å². The number of amides is 1. The summed E-state index contributed by atoms with van der Waals surface area (Å²) in [4.78, 5) is 16.5. The lowest BCUT2D eigenvalue weighted by atomic mass is 9.99. The molecule has 6 heteroatoms. The number of carbonyl (C=O) groups excluding carboxylic acids is 1. The number of carbonyl (C=O) groups is 1. The van der Waals surface area contributed by atoms with Crippen molar-refractivity contribution < 1.29 is 9.90 Å². The highest BCUT2D eigenvalue weighted by atomic mass is 16.3. The molecule has 2 N–H and O–H groups in total. The van der Waals surface area contributed by atoms with Gasteiger partial charge in [0, 0.05) is 18.6 Å². The van der Waals surface area contributed by atoms with E-state index in [1.807, 2.05) is 27.8 Å². The normalized spacial score (nSPS) is 14.2. The van der Waals surface area contributed by atoms with Crippen LogP contribution in [0.15, 0.2) is 12.3 Å². The van der Waals surface area contributed by atoms with Crippen molar-refractivity contribution in [3.63, 3.8) is 0 Å². The molecule has 0 fully saturated rings. The van der Waals surface area contributed by atoms with E-state index in [1.165, 1.54) is 6.20 Å². The average Bonchev–Trinajstić information content (AvgIpc) is 2.73. The van der Waals surface area contributed by atoms with Crippen LogP contribution in [0, 0.1) is 6.92 Å². The quantitative estimate of drug-likeness (QED) is 0.878. The van der Waals surface area contributed by atoms with Crippen LogP contribution in [0.25, 0.3) is 11.0 Å². The SMILES string of the molecule is CCC(C)(CO)NC(=O)c1cnc2c(c1)c(C)nn2C. The molecular weight excluding hydrogens is 256 g/mol. The third-order valence-electron chi connectivity index (χ3n) is 3.67. The van der Waals surface area contributed by atoms with Crippen LogP contribution in [0.5, 0.6) is 0 Å². The zero-order valence-corrected chi connectivity index (χ0v) is 12.3. The maximum atomic E-state index is 12.3. The Labute approximate surface area is 117 Å². The number of pyridine rings is 1. The van der Waals surface area contributed by atoms with Crippen molar-refractivity contribution in [2.45, 2.75) is 32.7 Å². The van der Waals surface area contributed by atoms with Gasteiger partial charge in [0.05, 0.1) is 23.4 Å². The molecule has 0 spiro atoms. The van der Waals surface area contributed by atoms with Crippen LogP contribution in [0.2, 0.25) is 0 Å². The van der Waals surface area contributed by atoms with E-state index in [0.29, 0.717) is 12.0 Å². The van der Waals surface area contributed by atoms with Crippen LogP contribution < -0.4 is 5.32 Å². The summed E-state index contributed by atoms with van der Waals surface area (Å²) in [6.07, 6.45) is 2.18. The Bertz CT molecular complexity index is 644. The second kappa shape index (κ2) is 5.20. The van der Waals surface area contributed by atoms with Crippen LogP contribution >= 0.6 is 0 Å². The Morgan fingerprint density at radius 1 is 1.55 bits per heavy atom. The molecular formula is C14H20N4O2. The number of nitrogens with zero attached hydrogens (tertiary/aromatic N) is 3. The van der Waals surface area contributed by atoms with Gasteiger partial charge in [0.25, 0.3) is 5.91 Å². The van der Waals surface area contributed by atoms with Gasteiger partial charge in [0.15, 0.2) is 5.65 Å². The molecule has 0 bridgehead atoms. The second-order valence-electron chi connectivity index (χ2n) is 5.33. The molecule has 108 valence electrons. The van der Waals surface area contributed by atoms with E-state index in [2.05, 4.69) is 15.4 Å². The van der Waals surface area contributed by atoms with Gasteiger partial charge in [-0.15, -0.1) is 0 Å². The number of aliphatic hydroxyl groups is 1. The molecule has 20 heavy (non-hydrogen) atoms. The van der Waals surface area contributed by atoms with Gasteiger partial charge in [-0.3, -0.25) is 9.48 Å². The lowest BCUT2D eigenvalue weighted by Gasteiger charge is -2.27. The van der Waals surface area contributed by atoms with E-state index in [1.54, 1.807) is 10.7 Å². The summed E-state index contributed by atoms with van der Waals surface area (Å²) in [6.45, 7) is 5.52. The fourth-order valence-electron chi connectivity index (χ4n) is 2.02. The minimum Gasteiger partial charge on any atom is -0.394 e. The predicted octanol–water partition coefficient (Wildman–Crippen LogP) is 1.17. The minimum atomic E-state index is -0.615. The number of aromatic nitrogens is 3. The van der Waals surface area contributed by atoms with E-state index in [-0.39, 0.29) is 12.5 Å². The van der Waals surface area contributed by atoms with Crippen LogP contribution in [-0.2, 0) is 7.05 Å². The van der Waals surface area contributed by atoms with Crippen molar-refractivity contribution in [2.24, 2.45) is 7.05 Å². The molecule has 2 rings (SSSR count). The molecule has 0 saturated carbocycles. The third kappa shape index (κ3) is 2.51. The maximum Gasteiger partial charge on any atom is 0.253 e. The number of rotatable bonds is 4. The molecule has 1 unspecified atom stereocenters. The van der Waals surface area contributed by atoms with Crippen LogP contribution in [-0.4, -0.2) is 37.9 Å². The molecule has 2 aromatic heterocycles. The average molecular weight is 276 g/mol. The Morgan fingerprint density at radius 3 is 2.85 bits per heavy atom. The Morgan fingerprint density at radius 2 is 2.25 bits per heavy atom. The predicted molar refractivity (Wildman–Crippen MR) is 76.5 cm³/mol. The molecule has 0 aliphatic rings. The molecule has 0 radical (unpaired) electrons. The molecule has 0 aliphatic carbocycles. The van der Waals surface area contributed by atoms with E-state index >= 15 is 0 Å². The topological polar surface area (TPSA) is 80.0 Å². The van der Waals surface area contributed by atoms with E-state index in [0.717, 1.165) is 16.7 Å². The Kier molecular flexibility index (Phi) is 3.76. The van der Waals surface area contributed by atoms with Gasteiger partial charge in [-0.05, 0) is 26.3 Å². The zero-order chi connectivity index (χ0) is 14.9. The van der Waals surface area contributed by atoms with Gasteiger partial charge in [-0.1, -0.05) is 6.92 Å². The van der Waals surface area contributed by atoms with Gasteiger partial charge in [-0.2, -0.15) is 5.10 Å². The number of aryl methyl sites for hydroxylation is 2. The van der Waals surface area contributed by atoms with Crippen LogP contribution in [0.1, 0.15) is 36.3 Å². The van der Waals surface area contributed by atoms with Crippen LogP contribution in [0.3, 0.4) is 0 Å². The van der Waals surface area contributed by atoms with Crippen LogP contribution in [0.4, 0.5) is 0 Å². The van der Waals surface area contributed by atoms with Crippen molar-refractivity contribution in [3.05, 3.63) is 23.5 Å². The molecule has 6 nitrogen and oxygen atoms in total. The summed E-state index contributed by atoms with van der Waals surface area (Å²) < 4.78 is 1.69. The monoisotopic (exact) mass is 276 g/mol. The summed E-state index contributed by atoms with van der Waals surface area (Å²) in [6, 6.07) is 1.79. The number of hydrogen-bond donors (Lipinski definition) is 2. The summed E-state index contributed by atoms with van der Waals surface area (Å²) >= 11 is 0. The standard InChI is InChI=1S/C14H20N4O2/c1-5-14(3,8-19)16-13(20)10-6-11-9(2)17-18(4)12(11)15-7-10/h6-7,19H,5,8H2,1-4H3,(H,16,20). The fraction of sp³-hybridized carbons (Fsp3) is 0.500. The lowest BCUT2D eigenvalue weighted by Crippen LogP contribution is -2.48. The minimum absolute atomic E-state index is 0.100. The van der Waals surface area contributed by atoms with Crippen molar-refractivity contribution >= 4 is 16.9 Å². The first-order valence-corrected chi connectivity index (χ1v) is 6.63. The van der Waals surface area contributed by atoms with Gasteiger partial charge >= 0.3 is 0 Å². The highest BCUT2D eigenvalue weighted by Crippen LogP contribution is 2.17. The first-order valence-electron chi connectivity index (χ1n) is 6.63. The third-order valence-corrected chi connectivity index (χ3v) is 3.67. The Hall–Kier alpha value is -1.95. The van der Waals surface area contributed by atoms with Crippen molar-refractivity contribution in [1.29, 1.82) is 0 Å². The van der Waals surface area contributed by atoms with E-state index in [4.69, 9.17) is 0 Å². The van der Waals surface area contributed by atoms with E-state index < -0.39 is 5.54 Å². The number of fused-ring (bicyclic) bond motifs is 1. The summed E-state index contributed by atoms with van der Waals surface area (Å²) in [7, 11) is 1.82. The largest absolute Gasteiger partial charge is 0.394 e. The molecule has 0 aliphatic heterocycles. The van der Waals surface area contributed by atoms with Crippen molar-refractivity contribution in [1.82, 2.24) is 20.1 Å². The molecule has 2 aromatic rings. The first-order chi connectivity index (χ1) is 9.40. The molecule has 2 heterocycles. The fourth-order valence-corrected chi connectivity index (χ4v) is 2.02. The Balaban J connectivity index is 2.34. The molecule has 0 aromatic carbocycles. The number of aliphatic hydroxyl groups excluding tert-OH is 1. The first kappa shape index (κ1) is 14.5. The summed E-state index contributed by atoms with van der Waals surface area (Å²) in [5.74, 6) is -0.235. The van der Waals surface area contributed by atoms with Gasteiger partial charge < -0.3 is 10.4 Å². The molecule has 1 atom stereocenters. The van der Waals surface area contributed by atoms with E-state index in [9.17, 15) is 9.90 Å².